The predicted octanol–water partition coefficient (Wildman–Crippen LogP) is 4.78. The van der Waals surface area contributed by atoms with Crippen molar-refractivity contribution in [2.75, 3.05) is 0 Å². The van der Waals surface area contributed by atoms with Crippen LogP contribution >= 0.6 is 23.2 Å². The molecule has 0 radical (unpaired) electrons. The molecule has 2 aromatic carbocycles. The van der Waals surface area contributed by atoms with Crippen LogP contribution in [0.3, 0.4) is 0 Å². The topological polar surface area (TPSA) is 0 Å². The van der Waals surface area contributed by atoms with Crippen molar-refractivity contribution in [3.8, 4) is 0 Å². The van der Waals surface area contributed by atoms with E-state index in [-0.39, 0.29) is 0 Å². The lowest BCUT2D eigenvalue weighted by atomic mass is 10.0. The van der Waals surface area contributed by atoms with Gasteiger partial charge in [-0.15, -0.1) is 0 Å². The lowest BCUT2D eigenvalue weighted by Gasteiger charge is -2.06. The standard InChI is InChI=1S/C14H12Cl2/c15-13-7-4-8-14(16)12(13)10-9-11-5-2-1-3-6-11/h1-8H,9-10H2. The van der Waals surface area contributed by atoms with Gasteiger partial charge in [-0.25, -0.2) is 0 Å². The number of rotatable bonds is 3. The summed E-state index contributed by atoms with van der Waals surface area (Å²) in [4.78, 5) is 0. The molecule has 0 heterocycles. The minimum absolute atomic E-state index is 0.753. The van der Waals surface area contributed by atoms with Crippen LogP contribution in [0.1, 0.15) is 11.1 Å². The van der Waals surface area contributed by atoms with E-state index >= 15 is 0 Å². The van der Waals surface area contributed by atoms with E-state index in [4.69, 9.17) is 23.2 Å². The highest BCUT2D eigenvalue weighted by molar-refractivity contribution is 6.35. The molecule has 0 N–H and O–H groups in total. The zero-order valence-electron chi connectivity index (χ0n) is 8.79. The van der Waals surface area contributed by atoms with Crippen LogP contribution in [-0.2, 0) is 12.8 Å². The first-order valence-electron chi connectivity index (χ1n) is 5.24. The van der Waals surface area contributed by atoms with Crippen molar-refractivity contribution >= 4 is 23.2 Å². The lowest BCUT2D eigenvalue weighted by molar-refractivity contribution is 0.961. The van der Waals surface area contributed by atoms with Gasteiger partial charge in [-0.1, -0.05) is 59.6 Å². The van der Waals surface area contributed by atoms with E-state index in [1.807, 2.05) is 36.4 Å². The molecular weight excluding hydrogens is 239 g/mol. The molecule has 0 saturated heterocycles. The Balaban J connectivity index is 2.11. The van der Waals surface area contributed by atoms with Gasteiger partial charge in [-0.3, -0.25) is 0 Å². The van der Waals surface area contributed by atoms with E-state index in [2.05, 4.69) is 12.1 Å². The van der Waals surface area contributed by atoms with Gasteiger partial charge in [0.1, 0.15) is 0 Å². The maximum atomic E-state index is 6.11. The van der Waals surface area contributed by atoms with E-state index in [0.29, 0.717) is 0 Å². The minimum Gasteiger partial charge on any atom is -0.0840 e. The highest BCUT2D eigenvalue weighted by atomic mass is 35.5. The van der Waals surface area contributed by atoms with Crippen molar-refractivity contribution in [2.24, 2.45) is 0 Å². The molecule has 2 heteroatoms. The molecule has 0 amide bonds. The largest absolute Gasteiger partial charge is 0.0840 e. The van der Waals surface area contributed by atoms with Crippen LogP contribution in [0.2, 0.25) is 10.0 Å². The molecule has 0 atom stereocenters. The van der Waals surface area contributed by atoms with Gasteiger partial charge < -0.3 is 0 Å². The minimum atomic E-state index is 0.753. The van der Waals surface area contributed by atoms with Gasteiger partial charge in [0.25, 0.3) is 0 Å². The molecule has 0 spiro atoms. The Morgan fingerprint density at radius 3 is 1.94 bits per heavy atom. The second-order valence-corrected chi connectivity index (χ2v) is 4.50. The highest BCUT2D eigenvalue weighted by Gasteiger charge is 2.05. The summed E-state index contributed by atoms with van der Waals surface area (Å²) < 4.78 is 0. The summed E-state index contributed by atoms with van der Waals surface area (Å²) in [5, 5.41) is 1.51. The molecular formula is C14H12Cl2. The fourth-order valence-corrected chi connectivity index (χ4v) is 2.27. The quantitative estimate of drug-likeness (QED) is 0.736. The first-order valence-corrected chi connectivity index (χ1v) is 6.00. The van der Waals surface area contributed by atoms with Crippen molar-refractivity contribution in [2.45, 2.75) is 12.8 Å². The lowest BCUT2D eigenvalue weighted by Crippen LogP contribution is -1.93. The number of aryl methyl sites for hydroxylation is 1. The maximum absolute atomic E-state index is 6.11. The summed E-state index contributed by atoms with van der Waals surface area (Å²) >= 11 is 12.2. The van der Waals surface area contributed by atoms with Crippen LogP contribution in [-0.4, -0.2) is 0 Å². The smallest absolute Gasteiger partial charge is 0.0452 e. The molecule has 0 aliphatic carbocycles. The van der Waals surface area contributed by atoms with Gasteiger partial charge in [-0.2, -0.15) is 0 Å². The third-order valence-electron chi connectivity index (χ3n) is 2.57. The molecule has 0 nitrogen and oxygen atoms in total. The molecule has 0 aliphatic rings. The summed E-state index contributed by atoms with van der Waals surface area (Å²) in [6.07, 6.45) is 1.84. The fourth-order valence-electron chi connectivity index (χ4n) is 1.69. The first kappa shape index (κ1) is 11.5. The zero-order chi connectivity index (χ0) is 11.4. The highest BCUT2D eigenvalue weighted by Crippen LogP contribution is 2.25. The van der Waals surface area contributed by atoms with Crippen molar-refractivity contribution < 1.29 is 0 Å². The first-order chi connectivity index (χ1) is 7.77. The van der Waals surface area contributed by atoms with Crippen LogP contribution in [0, 0.1) is 0 Å². The van der Waals surface area contributed by atoms with Gasteiger partial charge in [0.05, 0.1) is 0 Å². The number of benzene rings is 2. The zero-order valence-corrected chi connectivity index (χ0v) is 10.3. The summed E-state index contributed by atoms with van der Waals surface area (Å²) in [6.45, 7) is 0. The maximum Gasteiger partial charge on any atom is 0.0452 e. The van der Waals surface area contributed by atoms with Gasteiger partial charge in [0, 0.05) is 10.0 Å². The van der Waals surface area contributed by atoms with Gasteiger partial charge in [-0.05, 0) is 36.1 Å². The number of hydrogen-bond donors (Lipinski definition) is 0. The van der Waals surface area contributed by atoms with Crippen molar-refractivity contribution in [3.63, 3.8) is 0 Å². The summed E-state index contributed by atoms with van der Waals surface area (Å²) in [6, 6.07) is 16.0. The third-order valence-corrected chi connectivity index (χ3v) is 3.28. The number of hydrogen-bond acceptors (Lipinski definition) is 0. The Hall–Kier alpha value is -0.980. The Morgan fingerprint density at radius 1 is 0.688 bits per heavy atom. The van der Waals surface area contributed by atoms with Crippen LogP contribution in [0.25, 0.3) is 0 Å². The van der Waals surface area contributed by atoms with E-state index in [1.54, 1.807) is 0 Å². The molecule has 0 fully saturated rings. The van der Waals surface area contributed by atoms with Gasteiger partial charge in [0.15, 0.2) is 0 Å². The Morgan fingerprint density at radius 2 is 1.31 bits per heavy atom. The second kappa shape index (κ2) is 5.38. The van der Waals surface area contributed by atoms with Crippen LogP contribution < -0.4 is 0 Å². The Bertz CT molecular complexity index is 443. The van der Waals surface area contributed by atoms with Gasteiger partial charge in [0.2, 0.25) is 0 Å². The fraction of sp³-hybridized carbons (Fsp3) is 0.143. The molecule has 0 bridgehead atoms. The molecule has 0 aliphatic heterocycles. The van der Waals surface area contributed by atoms with Crippen molar-refractivity contribution in [1.29, 1.82) is 0 Å². The average molecular weight is 251 g/mol. The summed E-state index contributed by atoms with van der Waals surface area (Å²) in [5.41, 5.74) is 2.34. The van der Waals surface area contributed by atoms with Crippen LogP contribution in [0.15, 0.2) is 48.5 Å². The van der Waals surface area contributed by atoms with Crippen LogP contribution in [0.5, 0.6) is 0 Å². The number of halogens is 2. The van der Waals surface area contributed by atoms with Crippen molar-refractivity contribution in [3.05, 3.63) is 69.7 Å². The molecule has 0 saturated carbocycles. The molecule has 0 aromatic heterocycles. The SMILES string of the molecule is Clc1cccc(Cl)c1CCc1ccccc1. The predicted molar refractivity (Wildman–Crippen MR) is 70.3 cm³/mol. The van der Waals surface area contributed by atoms with Crippen molar-refractivity contribution in [1.82, 2.24) is 0 Å². The van der Waals surface area contributed by atoms with Gasteiger partial charge >= 0.3 is 0 Å². The van der Waals surface area contributed by atoms with E-state index in [1.165, 1.54) is 5.56 Å². The second-order valence-electron chi connectivity index (χ2n) is 3.69. The molecule has 2 aromatic rings. The Kier molecular flexibility index (Phi) is 3.87. The molecule has 2 rings (SSSR count). The van der Waals surface area contributed by atoms with E-state index in [0.717, 1.165) is 28.5 Å². The monoisotopic (exact) mass is 250 g/mol. The molecule has 82 valence electrons. The molecule has 0 unspecified atom stereocenters. The van der Waals surface area contributed by atoms with E-state index < -0.39 is 0 Å². The third kappa shape index (κ3) is 2.78. The molecule has 16 heavy (non-hydrogen) atoms. The van der Waals surface area contributed by atoms with Crippen LogP contribution in [0.4, 0.5) is 0 Å². The summed E-state index contributed by atoms with van der Waals surface area (Å²) in [7, 11) is 0. The summed E-state index contributed by atoms with van der Waals surface area (Å²) in [5.74, 6) is 0. The van der Waals surface area contributed by atoms with E-state index in [9.17, 15) is 0 Å². The average Bonchev–Trinajstić information content (AvgIpc) is 2.30. The Labute approximate surface area is 106 Å². The normalized spacial score (nSPS) is 10.4.